The quantitative estimate of drug-likeness (QED) is 0.845. The van der Waals surface area contributed by atoms with Crippen LogP contribution in [-0.2, 0) is 5.41 Å². The van der Waals surface area contributed by atoms with Crippen molar-refractivity contribution >= 4 is 0 Å². The maximum atomic E-state index is 6.02. The van der Waals surface area contributed by atoms with Gasteiger partial charge in [0.05, 0.1) is 14.2 Å². The Morgan fingerprint density at radius 3 is 2.11 bits per heavy atom. The lowest BCUT2D eigenvalue weighted by Gasteiger charge is -2.33. The summed E-state index contributed by atoms with van der Waals surface area (Å²) in [5.74, 6) is 1.76. The fraction of sp³-hybridized carbons (Fsp3) is 0.600. The molecule has 0 bridgehead atoms. The van der Waals surface area contributed by atoms with Crippen LogP contribution in [0.4, 0.5) is 0 Å². The minimum absolute atomic E-state index is 0.0115. The van der Waals surface area contributed by atoms with Crippen LogP contribution in [0.15, 0.2) is 12.1 Å². The molecular formula is C15H25NO2. The Morgan fingerprint density at radius 1 is 1.11 bits per heavy atom. The number of nitrogens with two attached hydrogens (primary N) is 1. The van der Waals surface area contributed by atoms with Gasteiger partial charge in [0.2, 0.25) is 0 Å². The van der Waals surface area contributed by atoms with E-state index in [4.69, 9.17) is 15.2 Å². The molecule has 2 N–H and O–H groups in total. The lowest BCUT2D eigenvalue weighted by atomic mass is 9.75. The van der Waals surface area contributed by atoms with Crippen LogP contribution in [-0.4, -0.2) is 20.8 Å². The minimum atomic E-state index is -0.0115. The van der Waals surface area contributed by atoms with Gasteiger partial charge in [-0.2, -0.15) is 0 Å². The summed E-state index contributed by atoms with van der Waals surface area (Å²) in [6.07, 6.45) is 2.00. The van der Waals surface area contributed by atoms with Crippen LogP contribution in [0.25, 0.3) is 0 Å². The Bertz CT molecular complexity index is 389. The summed E-state index contributed by atoms with van der Waals surface area (Å²) in [6.45, 7) is 7.00. The van der Waals surface area contributed by atoms with Crippen LogP contribution < -0.4 is 15.2 Å². The summed E-state index contributed by atoms with van der Waals surface area (Å²) >= 11 is 0. The first-order valence-electron chi connectivity index (χ1n) is 6.52. The van der Waals surface area contributed by atoms with Gasteiger partial charge in [0, 0.05) is 23.1 Å². The van der Waals surface area contributed by atoms with Crippen molar-refractivity contribution < 1.29 is 9.47 Å². The summed E-state index contributed by atoms with van der Waals surface area (Å²) < 4.78 is 10.9. The van der Waals surface area contributed by atoms with Gasteiger partial charge in [0.1, 0.15) is 11.5 Å². The Hall–Kier alpha value is -1.22. The number of hydrogen-bond acceptors (Lipinski definition) is 3. The van der Waals surface area contributed by atoms with Gasteiger partial charge in [-0.25, -0.2) is 0 Å². The van der Waals surface area contributed by atoms with Crippen molar-refractivity contribution in [1.29, 1.82) is 0 Å². The van der Waals surface area contributed by atoms with Gasteiger partial charge in [0.25, 0.3) is 0 Å². The second-order valence-electron chi connectivity index (χ2n) is 4.67. The second kappa shape index (κ2) is 6.10. The highest BCUT2D eigenvalue weighted by atomic mass is 16.5. The molecule has 102 valence electrons. The molecule has 0 aliphatic rings. The number of hydrogen-bond donors (Lipinski definition) is 1. The summed E-state index contributed by atoms with van der Waals surface area (Å²) in [5.41, 5.74) is 8.24. The number of ether oxygens (including phenoxy) is 2. The first-order chi connectivity index (χ1) is 8.60. The summed E-state index contributed by atoms with van der Waals surface area (Å²) in [5, 5.41) is 0. The maximum Gasteiger partial charge on any atom is 0.129 e. The molecule has 3 nitrogen and oxygen atoms in total. The van der Waals surface area contributed by atoms with Gasteiger partial charge in [-0.1, -0.05) is 19.9 Å². The fourth-order valence-corrected chi connectivity index (χ4v) is 2.60. The van der Waals surface area contributed by atoms with Gasteiger partial charge < -0.3 is 15.2 Å². The highest BCUT2D eigenvalue weighted by Gasteiger charge is 2.31. The number of benzene rings is 1. The molecule has 0 spiro atoms. The van der Waals surface area contributed by atoms with Crippen LogP contribution in [0, 0.1) is 6.92 Å². The van der Waals surface area contributed by atoms with Crippen molar-refractivity contribution in [1.82, 2.24) is 0 Å². The zero-order valence-corrected chi connectivity index (χ0v) is 12.2. The molecule has 18 heavy (non-hydrogen) atoms. The third-order valence-electron chi connectivity index (χ3n) is 4.10. The van der Waals surface area contributed by atoms with Crippen molar-refractivity contribution in [3.05, 3.63) is 23.3 Å². The van der Waals surface area contributed by atoms with Crippen LogP contribution in [0.5, 0.6) is 11.5 Å². The van der Waals surface area contributed by atoms with Crippen molar-refractivity contribution in [2.45, 2.75) is 39.0 Å². The van der Waals surface area contributed by atoms with Gasteiger partial charge in [-0.15, -0.1) is 0 Å². The smallest absolute Gasteiger partial charge is 0.129 e. The Kier molecular flexibility index (Phi) is 5.03. The number of methoxy groups -OCH3 is 2. The summed E-state index contributed by atoms with van der Waals surface area (Å²) in [7, 11) is 3.38. The molecule has 0 aliphatic carbocycles. The zero-order chi connectivity index (χ0) is 13.8. The molecule has 0 aliphatic heterocycles. The highest BCUT2D eigenvalue weighted by molar-refractivity contribution is 5.52. The van der Waals surface area contributed by atoms with E-state index in [0.717, 1.165) is 29.9 Å². The van der Waals surface area contributed by atoms with E-state index in [2.05, 4.69) is 19.9 Å². The zero-order valence-electron chi connectivity index (χ0n) is 12.2. The largest absolute Gasteiger partial charge is 0.496 e. The molecule has 0 amide bonds. The normalized spacial score (nSPS) is 11.4. The molecule has 0 aromatic heterocycles. The SMILES string of the molecule is CCC(CC)(CN)c1ccc(OC)c(C)c1OC. The molecule has 0 radical (unpaired) electrons. The van der Waals surface area contributed by atoms with E-state index in [1.165, 1.54) is 5.56 Å². The van der Waals surface area contributed by atoms with Crippen molar-refractivity contribution in [3.63, 3.8) is 0 Å². The molecular weight excluding hydrogens is 226 g/mol. The fourth-order valence-electron chi connectivity index (χ4n) is 2.60. The Labute approximate surface area is 110 Å². The molecule has 1 aromatic carbocycles. The van der Waals surface area contributed by atoms with Crippen LogP contribution in [0.2, 0.25) is 0 Å². The molecule has 0 fully saturated rings. The van der Waals surface area contributed by atoms with E-state index in [1.807, 2.05) is 13.0 Å². The van der Waals surface area contributed by atoms with Crippen LogP contribution in [0.3, 0.4) is 0 Å². The molecule has 0 atom stereocenters. The molecule has 0 saturated heterocycles. The molecule has 3 heteroatoms. The second-order valence-corrected chi connectivity index (χ2v) is 4.67. The first-order valence-corrected chi connectivity index (χ1v) is 6.52. The Morgan fingerprint density at radius 2 is 1.72 bits per heavy atom. The first kappa shape index (κ1) is 14.8. The van der Waals surface area contributed by atoms with E-state index in [-0.39, 0.29) is 5.41 Å². The van der Waals surface area contributed by atoms with E-state index in [9.17, 15) is 0 Å². The average Bonchev–Trinajstić information content (AvgIpc) is 2.41. The minimum Gasteiger partial charge on any atom is -0.496 e. The third kappa shape index (κ3) is 2.32. The molecule has 0 heterocycles. The maximum absolute atomic E-state index is 6.02. The van der Waals surface area contributed by atoms with Gasteiger partial charge >= 0.3 is 0 Å². The highest BCUT2D eigenvalue weighted by Crippen LogP contribution is 2.41. The Balaban J connectivity index is 3.44. The van der Waals surface area contributed by atoms with E-state index in [0.29, 0.717) is 6.54 Å². The third-order valence-corrected chi connectivity index (χ3v) is 4.10. The monoisotopic (exact) mass is 251 g/mol. The average molecular weight is 251 g/mol. The van der Waals surface area contributed by atoms with Crippen molar-refractivity contribution in [2.24, 2.45) is 5.73 Å². The van der Waals surface area contributed by atoms with Crippen molar-refractivity contribution in [2.75, 3.05) is 20.8 Å². The van der Waals surface area contributed by atoms with E-state index < -0.39 is 0 Å². The lowest BCUT2D eigenvalue weighted by molar-refractivity contribution is 0.351. The van der Waals surface area contributed by atoms with Crippen LogP contribution >= 0.6 is 0 Å². The topological polar surface area (TPSA) is 44.5 Å². The summed E-state index contributed by atoms with van der Waals surface area (Å²) in [6, 6.07) is 4.09. The van der Waals surface area contributed by atoms with Crippen LogP contribution in [0.1, 0.15) is 37.8 Å². The van der Waals surface area contributed by atoms with Gasteiger partial charge in [0.15, 0.2) is 0 Å². The molecule has 1 aromatic rings. The van der Waals surface area contributed by atoms with Gasteiger partial charge in [-0.3, -0.25) is 0 Å². The van der Waals surface area contributed by atoms with Crippen molar-refractivity contribution in [3.8, 4) is 11.5 Å². The summed E-state index contributed by atoms with van der Waals surface area (Å²) in [4.78, 5) is 0. The molecule has 0 saturated carbocycles. The predicted octanol–water partition coefficient (Wildman–Crippen LogP) is 3.03. The van der Waals surface area contributed by atoms with E-state index in [1.54, 1.807) is 14.2 Å². The molecule has 1 rings (SSSR count). The predicted molar refractivity (Wildman–Crippen MR) is 75.6 cm³/mol. The number of rotatable bonds is 6. The van der Waals surface area contributed by atoms with E-state index >= 15 is 0 Å². The lowest BCUT2D eigenvalue weighted by Crippen LogP contribution is -2.34. The standard InChI is InChI=1S/C15H25NO2/c1-6-15(7-2,10-16)12-8-9-13(17-4)11(3)14(12)18-5/h8-9H,6-7,10,16H2,1-5H3. The molecule has 0 unspecified atom stereocenters. The van der Waals surface area contributed by atoms with Gasteiger partial charge in [-0.05, 0) is 25.8 Å².